The minimum absolute atomic E-state index is 0.0767. The van der Waals surface area contributed by atoms with Gasteiger partial charge in [-0.05, 0) is 18.8 Å². The Hall–Kier alpha value is -0.830. The van der Waals surface area contributed by atoms with E-state index in [-0.39, 0.29) is 18.0 Å². The first-order chi connectivity index (χ1) is 6.27. The molecule has 0 saturated heterocycles. The molecule has 0 saturated carbocycles. The lowest BCUT2D eigenvalue weighted by Crippen LogP contribution is -2.26. The summed E-state index contributed by atoms with van der Waals surface area (Å²) in [7, 11) is 3.09. The van der Waals surface area contributed by atoms with E-state index >= 15 is 0 Å². The normalized spacial score (nSPS) is 27.2. The Morgan fingerprint density at radius 1 is 1.54 bits per heavy atom. The summed E-state index contributed by atoms with van der Waals surface area (Å²) in [5, 5.41) is 0. The van der Waals surface area contributed by atoms with Crippen molar-refractivity contribution < 1.29 is 14.3 Å². The highest BCUT2D eigenvalue weighted by molar-refractivity contribution is 5.69. The van der Waals surface area contributed by atoms with Crippen LogP contribution < -0.4 is 0 Å². The molecule has 0 unspecified atom stereocenters. The number of carbonyl (C=O) groups is 1. The molecule has 0 aliphatic heterocycles. The highest BCUT2D eigenvalue weighted by Gasteiger charge is 2.24. The van der Waals surface area contributed by atoms with Crippen LogP contribution in [0.5, 0.6) is 0 Å². The molecule has 0 radical (unpaired) electrons. The SMILES string of the molecule is COC(=O)C[C@H]1CCC=C[C@@H]1OC. The lowest BCUT2D eigenvalue weighted by molar-refractivity contribution is -0.142. The van der Waals surface area contributed by atoms with E-state index in [4.69, 9.17) is 4.74 Å². The predicted molar refractivity (Wildman–Crippen MR) is 49.3 cm³/mol. The molecule has 0 spiro atoms. The van der Waals surface area contributed by atoms with Crippen molar-refractivity contribution in [3.8, 4) is 0 Å². The number of hydrogen-bond acceptors (Lipinski definition) is 3. The van der Waals surface area contributed by atoms with E-state index in [2.05, 4.69) is 10.8 Å². The van der Waals surface area contributed by atoms with Gasteiger partial charge in [0.1, 0.15) is 0 Å². The van der Waals surface area contributed by atoms with Crippen LogP contribution in [0.15, 0.2) is 12.2 Å². The standard InChI is InChI=1S/C10H16O3/c1-12-9-6-4-3-5-8(9)7-10(11)13-2/h4,6,8-9H,3,5,7H2,1-2H3/t8-,9+/m1/s1. The third kappa shape index (κ3) is 2.84. The highest BCUT2D eigenvalue weighted by atomic mass is 16.5. The summed E-state index contributed by atoms with van der Waals surface area (Å²) < 4.78 is 9.88. The van der Waals surface area contributed by atoms with Crippen LogP contribution in [0.1, 0.15) is 19.3 Å². The van der Waals surface area contributed by atoms with Gasteiger partial charge in [0.2, 0.25) is 0 Å². The van der Waals surface area contributed by atoms with Crippen LogP contribution in [0.3, 0.4) is 0 Å². The third-order valence-electron chi connectivity index (χ3n) is 2.42. The first kappa shape index (κ1) is 10.3. The zero-order valence-corrected chi connectivity index (χ0v) is 8.16. The summed E-state index contributed by atoms with van der Waals surface area (Å²) >= 11 is 0. The van der Waals surface area contributed by atoms with Crippen LogP contribution in [0, 0.1) is 5.92 Å². The number of hydrogen-bond donors (Lipinski definition) is 0. The Labute approximate surface area is 78.7 Å². The number of carbonyl (C=O) groups excluding carboxylic acids is 1. The van der Waals surface area contributed by atoms with Crippen molar-refractivity contribution in [3.05, 3.63) is 12.2 Å². The van der Waals surface area contributed by atoms with Crippen LogP contribution in [-0.2, 0) is 14.3 Å². The first-order valence-electron chi connectivity index (χ1n) is 4.54. The molecular formula is C10H16O3. The summed E-state index contributed by atoms with van der Waals surface area (Å²) in [6.07, 6.45) is 6.69. The van der Waals surface area contributed by atoms with Crippen LogP contribution in [0.2, 0.25) is 0 Å². The fourth-order valence-electron chi connectivity index (χ4n) is 1.65. The molecule has 3 nitrogen and oxygen atoms in total. The molecule has 1 aliphatic carbocycles. The van der Waals surface area contributed by atoms with E-state index in [1.165, 1.54) is 7.11 Å². The average Bonchev–Trinajstić information content (AvgIpc) is 2.18. The molecule has 3 heteroatoms. The van der Waals surface area contributed by atoms with Gasteiger partial charge in [0, 0.05) is 7.11 Å². The Balaban J connectivity index is 2.47. The van der Waals surface area contributed by atoms with Gasteiger partial charge in [-0.3, -0.25) is 4.79 Å². The largest absolute Gasteiger partial charge is 0.469 e. The molecule has 1 rings (SSSR count). The van der Waals surface area contributed by atoms with E-state index in [0.29, 0.717) is 6.42 Å². The molecule has 74 valence electrons. The average molecular weight is 184 g/mol. The molecule has 0 aromatic carbocycles. The van der Waals surface area contributed by atoms with Gasteiger partial charge in [-0.15, -0.1) is 0 Å². The van der Waals surface area contributed by atoms with Crippen molar-refractivity contribution in [3.63, 3.8) is 0 Å². The second kappa shape index (κ2) is 5.02. The molecule has 13 heavy (non-hydrogen) atoms. The van der Waals surface area contributed by atoms with E-state index in [1.54, 1.807) is 7.11 Å². The van der Waals surface area contributed by atoms with Crippen molar-refractivity contribution >= 4 is 5.97 Å². The first-order valence-corrected chi connectivity index (χ1v) is 4.54. The summed E-state index contributed by atoms with van der Waals surface area (Å²) in [5.41, 5.74) is 0. The number of rotatable bonds is 3. The number of esters is 1. The Morgan fingerprint density at radius 3 is 2.92 bits per heavy atom. The fourth-order valence-corrected chi connectivity index (χ4v) is 1.65. The maximum Gasteiger partial charge on any atom is 0.305 e. The van der Waals surface area contributed by atoms with Crippen LogP contribution in [0.25, 0.3) is 0 Å². The Kier molecular flexibility index (Phi) is 3.96. The molecule has 0 N–H and O–H groups in total. The maximum atomic E-state index is 11.0. The van der Waals surface area contributed by atoms with Crippen molar-refractivity contribution in [2.75, 3.05) is 14.2 Å². The van der Waals surface area contributed by atoms with Crippen molar-refractivity contribution in [2.45, 2.75) is 25.4 Å². The Morgan fingerprint density at radius 2 is 2.31 bits per heavy atom. The van der Waals surface area contributed by atoms with Crippen molar-refractivity contribution in [1.82, 2.24) is 0 Å². The molecule has 1 aliphatic rings. The van der Waals surface area contributed by atoms with Crippen LogP contribution in [-0.4, -0.2) is 26.3 Å². The van der Waals surface area contributed by atoms with Crippen molar-refractivity contribution in [2.24, 2.45) is 5.92 Å². The van der Waals surface area contributed by atoms with Crippen LogP contribution in [0.4, 0.5) is 0 Å². The molecule has 2 atom stereocenters. The number of allylic oxidation sites excluding steroid dienone is 1. The summed E-state index contributed by atoms with van der Waals surface area (Å²) in [6, 6.07) is 0. The quantitative estimate of drug-likeness (QED) is 0.493. The van der Waals surface area contributed by atoms with Crippen molar-refractivity contribution in [1.29, 1.82) is 0 Å². The highest BCUT2D eigenvalue weighted by Crippen LogP contribution is 2.24. The van der Waals surface area contributed by atoms with Gasteiger partial charge in [-0.1, -0.05) is 12.2 Å². The summed E-state index contributed by atoms with van der Waals surface area (Å²) in [5.74, 6) is 0.129. The van der Waals surface area contributed by atoms with Gasteiger partial charge < -0.3 is 9.47 Å². The third-order valence-corrected chi connectivity index (χ3v) is 2.42. The topological polar surface area (TPSA) is 35.5 Å². The molecular weight excluding hydrogens is 168 g/mol. The van der Waals surface area contributed by atoms with E-state index < -0.39 is 0 Å². The second-order valence-electron chi connectivity index (χ2n) is 3.25. The lowest BCUT2D eigenvalue weighted by atomic mass is 9.89. The van der Waals surface area contributed by atoms with Gasteiger partial charge >= 0.3 is 5.97 Å². The molecule has 0 heterocycles. The molecule has 0 aromatic heterocycles. The monoisotopic (exact) mass is 184 g/mol. The van der Waals surface area contributed by atoms with E-state index in [9.17, 15) is 4.79 Å². The lowest BCUT2D eigenvalue weighted by Gasteiger charge is -2.25. The molecule has 0 amide bonds. The summed E-state index contributed by atoms with van der Waals surface area (Å²) in [6.45, 7) is 0. The maximum absolute atomic E-state index is 11.0. The van der Waals surface area contributed by atoms with E-state index in [1.807, 2.05) is 6.08 Å². The minimum Gasteiger partial charge on any atom is -0.469 e. The van der Waals surface area contributed by atoms with Crippen LogP contribution >= 0.6 is 0 Å². The van der Waals surface area contributed by atoms with E-state index in [0.717, 1.165) is 12.8 Å². The molecule has 0 fully saturated rings. The molecule has 0 bridgehead atoms. The summed E-state index contributed by atoms with van der Waals surface area (Å²) in [4.78, 5) is 11.0. The zero-order chi connectivity index (χ0) is 9.68. The van der Waals surface area contributed by atoms with Gasteiger partial charge in [-0.25, -0.2) is 0 Å². The molecule has 0 aromatic rings. The van der Waals surface area contributed by atoms with Gasteiger partial charge in [-0.2, -0.15) is 0 Å². The fraction of sp³-hybridized carbons (Fsp3) is 0.700. The second-order valence-corrected chi connectivity index (χ2v) is 3.25. The van der Waals surface area contributed by atoms with Gasteiger partial charge in [0.05, 0.1) is 19.6 Å². The number of ether oxygens (including phenoxy) is 2. The zero-order valence-electron chi connectivity index (χ0n) is 8.16. The predicted octanol–water partition coefficient (Wildman–Crippen LogP) is 1.53. The Bertz CT molecular complexity index is 198. The minimum atomic E-state index is -0.151. The van der Waals surface area contributed by atoms with Gasteiger partial charge in [0.25, 0.3) is 0 Å². The van der Waals surface area contributed by atoms with Gasteiger partial charge in [0.15, 0.2) is 0 Å². The smallest absolute Gasteiger partial charge is 0.305 e. The number of methoxy groups -OCH3 is 2.